The summed E-state index contributed by atoms with van der Waals surface area (Å²) in [4.78, 5) is 24.3. The molecule has 0 unspecified atom stereocenters. The van der Waals surface area contributed by atoms with Gasteiger partial charge in [-0.25, -0.2) is 4.79 Å². The Morgan fingerprint density at radius 3 is 2.04 bits per heavy atom. The van der Waals surface area contributed by atoms with Crippen LogP contribution in [0.2, 0.25) is 5.02 Å². The Morgan fingerprint density at radius 1 is 1.00 bits per heavy atom. The second kappa shape index (κ2) is 6.65. The lowest BCUT2D eigenvalue weighted by atomic mass is 10.0. The third kappa shape index (κ3) is 3.44. The second-order valence-electron chi connectivity index (χ2n) is 5.68. The molecule has 0 aliphatic heterocycles. The number of hydrogen-bond donors (Lipinski definition) is 0. The van der Waals surface area contributed by atoms with Gasteiger partial charge in [-0.1, -0.05) is 11.6 Å². The van der Waals surface area contributed by atoms with Gasteiger partial charge in [0.2, 0.25) is 5.60 Å². The number of esters is 1. The highest BCUT2D eigenvalue weighted by atomic mass is 35.5. The zero-order valence-electron chi connectivity index (χ0n) is 13.3. The van der Waals surface area contributed by atoms with E-state index in [-0.39, 0.29) is 11.8 Å². The fourth-order valence-electron chi connectivity index (χ4n) is 2.39. The number of carbonyl (C=O) groups excluding carboxylic acids is 2. The standard InChI is InChI=1S/C19H17ClO4/c1-2-23-18(22)19(11-12-19)24-16-9-5-14(6-10-16)17(21)13-3-7-15(20)8-4-13/h3-10H,2,11-12H2,1H3. The quantitative estimate of drug-likeness (QED) is 0.586. The first kappa shape index (κ1) is 16.5. The molecule has 3 rings (SSSR count). The average molecular weight is 345 g/mol. The number of benzene rings is 2. The van der Waals surface area contributed by atoms with Gasteiger partial charge in [-0.15, -0.1) is 0 Å². The normalized spacial score (nSPS) is 14.8. The van der Waals surface area contributed by atoms with Crippen LogP contribution in [0.4, 0.5) is 0 Å². The predicted octanol–water partition coefficient (Wildman–Crippen LogP) is 4.05. The van der Waals surface area contributed by atoms with Gasteiger partial charge in [-0.2, -0.15) is 0 Å². The van der Waals surface area contributed by atoms with E-state index >= 15 is 0 Å². The molecule has 0 N–H and O–H groups in total. The van der Waals surface area contributed by atoms with E-state index in [4.69, 9.17) is 21.1 Å². The number of rotatable bonds is 6. The Labute approximate surface area is 145 Å². The molecule has 0 saturated heterocycles. The van der Waals surface area contributed by atoms with Crippen LogP contribution in [-0.2, 0) is 9.53 Å². The highest BCUT2D eigenvalue weighted by molar-refractivity contribution is 6.30. The van der Waals surface area contributed by atoms with Crippen LogP contribution in [0.3, 0.4) is 0 Å². The van der Waals surface area contributed by atoms with Gasteiger partial charge in [0, 0.05) is 29.0 Å². The van der Waals surface area contributed by atoms with Crippen LogP contribution in [0.1, 0.15) is 35.7 Å². The topological polar surface area (TPSA) is 52.6 Å². The van der Waals surface area contributed by atoms with E-state index in [1.54, 1.807) is 55.5 Å². The average Bonchev–Trinajstić information content (AvgIpc) is 3.37. The van der Waals surface area contributed by atoms with Gasteiger partial charge in [-0.05, 0) is 55.5 Å². The zero-order valence-corrected chi connectivity index (χ0v) is 14.0. The van der Waals surface area contributed by atoms with E-state index in [9.17, 15) is 9.59 Å². The van der Waals surface area contributed by atoms with Gasteiger partial charge in [-0.3, -0.25) is 4.79 Å². The first-order valence-corrected chi connectivity index (χ1v) is 8.18. The van der Waals surface area contributed by atoms with Crippen molar-refractivity contribution in [3.63, 3.8) is 0 Å². The summed E-state index contributed by atoms with van der Waals surface area (Å²) in [6.07, 6.45) is 1.30. The van der Waals surface area contributed by atoms with E-state index in [2.05, 4.69) is 0 Å². The largest absolute Gasteiger partial charge is 0.476 e. The van der Waals surface area contributed by atoms with Crippen LogP contribution < -0.4 is 4.74 Å². The molecule has 0 atom stereocenters. The molecule has 1 aliphatic rings. The third-order valence-electron chi connectivity index (χ3n) is 3.89. The summed E-state index contributed by atoms with van der Waals surface area (Å²) in [5.41, 5.74) is 0.265. The van der Waals surface area contributed by atoms with Gasteiger partial charge in [0.05, 0.1) is 6.61 Å². The minimum absolute atomic E-state index is 0.0928. The first-order valence-electron chi connectivity index (χ1n) is 7.81. The summed E-state index contributed by atoms with van der Waals surface area (Å²) in [6, 6.07) is 13.5. The molecular formula is C19H17ClO4. The van der Waals surface area contributed by atoms with Crippen LogP contribution in [0.25, 0.3) is 0 Å². The van der Waals surface area contributed by atoms with Crippen LogP contribution in [0.5, 0.6) is 5.75 Å². The molecule has 5 heteroatoms. The monoisotopic (exact) mass is 344 g/mol. The summed E-state index contributed by atoms with van der Waals surface area (Å²) in [5.74, 6) is 0.129. The molecule has 2 aromatic carbocycles. The minimum atomic E-state index is -0.849. The molecule has 124 valence electrons. The van der Waals surface area contributed by atoms with Crippen molar-refractivity contribution in [3.05, 3.63) is 64.7 Å². The van der Waals surface area contributed by atoms with Crippen molar-refractivity contribution in [2.24, 2.45) is 0 Å². The Balaban J connectivity index is 1.71. The van der Waals surface area contributed by atoms with Gasteiger partial charge < -0.3 is 9.47 Å². The maximum absolute atomic E-state index is 12.4. The van der Waals surface area contributed by atoms with E-state index in [0.717, 1.165) is 0 Å². The van der Waals surface area contributed by atoms with Crippen molar-refractivity contribution in [2.45, 2.75) is 25.4 Å². The molecule has 1 saturated carbocycles. The lowest BCUT2D eigenvalue weighted by Gasteiger charge is -2.16. The molecule has 24 heavy (non-hydrogen) atoms. The summed E-state index contributed by atoms with van der Waals surface area (Å²) in [5, 5.41) is 0.587. The molecule has 1 aliphatic carbocycles. The summed E-state index contributed by atoms with van der Waals surface area (Å²) in [7, 11) is 0. The van der Waals surface area contributed by atoms with Crippen LogP contribution >= 0.6 is 11.6 Å². The summed E-state index contributed by atoms with van der Waals surface area (Å²) < 4.78 is 10.8. The fraction of sp³-hybridized carbons (Fsp3) is 0.263. The fourth-order valence-corrected chi connectivity index (χ4v) is 2.52. The smallest absolute Gasteiger partial charge is 0.350 e. The van der Waals surface area contributed by atoms with Crippen molar-refractivity contribution in [1.29, 1.82) is 0 Å². The number of hydrogen-bond acceptors (Lipinski definition) is 4. The number of ether oxygens (including phenoxy) is 2. The highest BCUT2D eigenvalue weighted by Gasteiger charge is 2.54. The Morgan fingerprint density at radius 2 is 1.54 bits per heavy atom. The summed E-state index contributed by atoms with van der Waals surface area (Å²) in [6.45, 7) is 2.10. The SMILES string of the molecule is CCOC(=O)C1(Oc2ccc(C(=O)c3ccc(Cl)cc3)cc2)CC1. The molecule has 0 bridgehead atoms. The van der Waals surface area contributed by atoms with Crippen molar-refractivity contribution in [1.82, 2.24) is 0 Å². The number of ketones is 1. The molecule has 0 radical (unpaired) electrons. The molecule has 0 amide bonds. The zero-order chi connectivity index (χ0) is 17.2. The second-order valence-corrected chi connectivity index (χ2v) is 6.11. The van der Waals surface area contributed by atoms with Crippen molar-refractivity contribution >= 4 is 23.4 Å². The highest BCUT2D eigenvalue weighted by Crippen LogP contribution is 2.41. The molecule has 0 spiro atoms. The maximum atomic E-state index is 12.4. The number of halogens is 1. The third-order valence-corrected chi connectivity index (χ3v) is 4.14. The van der Waals surface area contributed by atoms with Crippen molar-refractivity contribution in [2.75, 3.05) is 6.61 Å². The molecular weight excluding hydrogens is 328 g/mol. The summed E-state index contributed by atoms with van der Waals surface area (Å²) >= 11 is 5.83. The van der Waals surface area contributed by atoms with Crippen LogP contribution in [-0.4, -0.2) is 24.0 Å². The van der Waals surface area contributed by atoms with E-state index in [1.165, 1.54) is 0 Å². The Kier molecular flexibility index (Phi) is 4.58. The maximum Gasteiger partial charge on any atom is 0.350 e. The Hall–Kier alpha value is -2.33. The number of carbonyl (C=O) groups is 2. The van der Waals surface area contributed by atoms with Crippen LogP contribution in [0, 0.1) is 0 Å². The molecule has 4 nitrogen and oxygen atoms in total. The van der Waals surface area contributed by atoms with Crippen molar-refractivity contribution in [3.8, 4) is 5.75 Å². The molecule has 2 aromatic rings. The molecule has 1 fully saturated rings. The van der Waals surface area contributed by atoms with Gasteiger partial charge in [0.15, 0.2) is 5.78 Å². The van der Waals surface area contributed by atoms with E-state index in [0.29, 0.717) is 41.3 Å². The van der Waals surface area contributed by atoms with E-state index < -0.39 is 5.60 Å². The van der Waals surface area contributed by atoms with E-state index in [1.807, 2.05) is 0 Å². The predicted molar refractivity (Wildman–Crippen MR) is 90.6 cm³/mol. The van der Waals surface area contributed by atoms with Gasteiger partial charge in [0.1, 0.15) is 5.75 Å². The lowest BCUT2D eigenvalue weighted by molar-refractivity contribution is -0.153. The Bertz CT molecular complexity index is 746. The lowest BCUT2D eigenvalue weighted by Crippen LogP contribution is -2.31. The van der Waals surface area contributed by atoms with Gasteiger partial charge in [0.25, 0.3) is 0 Å². The van der Waals surface area contributed by atoms with Gasteiger partial charge >= 0.3 is 5.97 Å². The van der Waals surface area contributed by atoms with Crippen molar-refractivity contribution < 1.29 is 19.1 Å². The minimum Gasteiger partial charge on any atom is -0.476 e. The first-order chi connectivity index (χ1) is 11.5. The molecule has 0 aromatic heterocycles. The molecule has 0 heterocycles. The van der Waals surface area contributed by atoms with Crippen LogP contribution in [0.15, 0.2) is 48.5 Å².